The molecule has 1 N–H and O–H groups in total. The van der Waals surface area contributed by atoms with Crippen molar-refractivity contribution in [2.24, 2.45) is 5.92 Å². The van der Waals surface area contributed by atoms with Crippen molar-refractivity contribution >= 4 is 0 Å². The topological polar surface area (TPSA) is 15.3 Å². The minimum absolute atomic E-state index is 0.695. The van der Waals surface area contributed by atoms with Gasteiger partial charge in [0.2, 0.25) is 0 Å². The molecule has 2 unspecified atom stereocenters. The Kier molecular flexibility index (Phi) is 10.4. The van der Waals surface area contributed by atoms with Gasteiger partial charge >= 0.3 is 0 Å². The van der Waals surface area contributed by atoms with E-state index in [0.717, 1.165) is 5.92 Å². The van der Waals surface area contributed by atoms with E-state index in [4.69, 9.17) is 0 Å². The summed E-state index contributed by atoms with van der Waals surface area (Å²) in [6.45, 7) is 12.2. The molecule has 2 atom stereocenters. The molecule has 1 fully saturated rings. The molecule has 0 saturated carbocycles. The van der Waals surface area contributed by atoms with E-state index in [9.17, 15) is 0 Å². The molecule has 1 aliphatic heterocycles. The number of piperidine rings is 1. The normalized spacial score (nSPS) is 19.9. The van der Waals surface area contributed by atoms with E-state index in [-0.39, 0.29) is 0 Å². The molecule has 0 aromatic carbocycles. The number of hydrogen-bond acceptors (Lipinski definition) is 2. The molecular formula is C18H38N2. The van der Waals surface area contributed by atoms with Crippen LogP contribution in [0.15, 0.2) is 0 Å². The third-order valence-corrected chi connectivity index (χ3v) is 4.57. The van der Waals surface area contributed by atoms with Crippen LogP contribution in [-0.2, 0) is 0 Å². The lowest BCUT2D eigenvalue weighted by atomic mass is 10.1. The first kappa shape index (κ1) is 18.0. The molecule has 0 amide bonds. The van der Waals surface area contributed by atoms with Crippen LogP contribution < -0.4 is 5.32 Å². The van der Waals surface area contributed by atoms with Gasteiger partial charge in [0.25, 0.3) is 0 Å². The van der Waals surface area contributed by atoms with Crippen molar-refractivity contribution in [2.45, 2.75) is 84.6 Å². The maximum Gasteiger partial charge on any atom is 0.00388 e. The minimum Gasteiger partial charge on any atom is -0.314 e. The fourth-order valence-corrected chi connectivity index (χ4v) is 3.21. The summed E-state index contributed by atoms with van der Waals surface area (Å²) in [5.41, 5.74) is 0. The Morgan fingerprint density at radius 3 is 2.35 bits per heavy atom. The van der Waals surface area contributed by atoms with Gasteiger partial charge < -0.3 is 10.2 Å². The lowest BCUT2D eigenvalue weighted by Gasteiger charge is -2.29. The first-order chi connectivity index (χ1) is 9.72. The van der Waals surface area contributed by atoms with E-state index in [1.807, 2.05) is 0 Å². The summed E-state index contributed by atoms with van der Waals surface area (Å²) in [5.74, 6) is 0.788. The van der Waals surface area contributed by atoms with Crippen LogP contribution in [0.5, 0.6) is 0 Å². The van der Waals surface area contributed by atoms with Crippen LogP contribution in [0, 0.1) is 5.92 Å². The van der Waals surface area contributed by atoms with Gasteiger partial charge in [-0.1, -0.05) is 52.4 Å². The third-order valence-electron chi connectivity index (χ3n) is 4.57. The molecule has 1 aliphatic rings. The van der Waals surface area contributed by atoms with Crippen LogP contribution in [0.1, 0.15) is 78.6 Å². The average molecular weight is 283 g/mol. The highest BCUT2D eigenvalue weighted by Crippen LogP contribution is 2.11. The highest BCUT2D eigenvalue weighted by atomic mass is 15.1. The summed E-state index contributed by atoms with van der Waals surface area (Å²) >= 11 is 0. The Balaban J connectivity index is 1.97. The van der Waals surface area contributed by atoms with E-state index in [0.29, 0.717) is 6.04 Å². The molecule has 1 rings (SSSR count). The molecule has 2 nitrogen and oxygen atoms in total. The van der Waals surface area contributed by atoms with Crippen molar-refractivity contribution in [1.29, 1.82) is 0 Å². The molecule has 0 aliphatic carbocycles. The van der Waals surface area contributed by atoms with Crippen molar-refractivity contribution in [3.63, 3.8) is 0 Å². The quantitative estimate of drug-likeness (QED) is 0.563. The van der Waals surface area contributed by atoms with E-state index < -0.39 is 0 Å². The Morgan fingerprint density at radius 2 is 1.65 bits per heavy atom. The maximum atomic E-state index is 3.74. The third kappa shape index (κ3) is 8.97. The molecule has 1 saturated heterocycles. The van der Waals surface area contributed by atoms with Crippen molar-refractivity contribution in [1.82, 2.24) is 10.2 Å². The smallest absolute Gasteiger partial charge is 0.00388 e. The predicted octanol–water partition coefficient (Wildman–Crippen LogP) is 4.45. The lowest BCUT2D eigenvalue weighted by molar-refractivity contribution is 0.197. The summed E-state index contributed by atoms with van der Waals surface area (Å²) in [4.78, 5) is 2.66. The van der Waals surface area contributed by atoms with Gasteiger partial charge in [-0.05, 0) is 51.7 Å². The molecule has 2 heteroatoms. The standard InChI is InChI=1S/C18H38N2/c1-4-5-6-7-9-12-18(3)19-15-17(2)16-20-13-10-8-11-14-20/h17-19H,4-16H2,1-3H3. The van der Waals surface area contributed by atoms with Crippen molar-refractivity contribution in [2.75, 3.05) is 26.2 Å². The van der Waals surface area contributed by atoms with Crippen molar-refractivity contribution in [3.05, 3.63) is 0 Å². The van der Waals surface area contributed by atoms with Crippen LogP contribution in [0.2, 0.25) is 0 Å². The minimum atomic E-state index is 0.695. The molecule has 0 aromatic rings. The van der Waals surface area contributed by atoms with Crippen LogP contribution in [0.4, 0.5) is 0 Å². The zero-order chi connectivity index (χ0) is 14.6. The summed E-state index contributed by atoms with van der Waals surface area (Å²) in [5, 5.41) is 3.74. The van der Waals surface area contributed by atoms with Gasteiger partial charge in [0.1, 0.15) is 0 Å². The number of hydrogen-bond donors (Lipinski definition) is 1. The molecule has 20 heavy (non-hydrogen) atoms. The fourth-order valence-electron chi connectivity index (χ4n) is 3.21. The Morgan fingerprint density at radius 1 is 0.950 bits per heavy atom. The Bertz CT molecular complexity index is 211. The van der Waals surface area contributed by atoms with Gasteiger partial charge in [-0.2, -0.15) is 0 Å². The Labute approximate surface area is 127 Å². The monoisotopic (exact) mass is 282 g/mol. The maximum absolute atomic E-state index is 3.74. The zero-order valence-corrected chi connectivity index (χ0v) is 14.3. The van der Waals surface area contributed by atoms with Crippen LogP contribution in [0.25, 0.3) is 0 Å². The second kappa shape index (κ2) is 11.6. The Hall–Kier alpha value is -0.0800. The second-order valence-corrected chi connectivity index (χ2v) is 6.98. The molecule has 0 bridgehead atoms. The molecule has 1 heterocycles. The molecule has 0 spiro atoms. The summed E-state index contributed by atoms with van der Waals surface area (Å²) in [6.07, 6.45) is 12.6. The first-order valence-corrected chi connectivity index (χ1v) is 9.18. The van der Waals surface area contributed by atoms with Crippen molar-refractivity contribution < 1.29 is 0 Å². The number of unbranched alkanes of at least 4 members (excludes halogenated alkanes) is 4. The van der Waals surface area contributed by atoms with Gasteiger partial charge in [-0.25, -0.2) is 0 Å². The second-order valence-electron chi connectivity index (χ2n) is 6.98. The molecule has 120 valence electrons. The largest absolute Gasteiger partial charge is 0.314 e. The average Bonchev–Trinajstić information content (AvgIpc) is 2.46. The van der Waals surface area contributed by atoms with Crippen LogP contribution >= 0.6 is 0 Å². The number of rotatable bonds is 11. The van der Waals surface area contributed by atoms with Gasteiger partial charge in [0, 0.05) is 12.6 Å². The number of likely N-dealkylation sites (tertiary alicyclic amines) is 1. The number of nitrogens with zero attached hydrogens (tertiary/aromatic N) is 1. The van der Waals surface area contributed by atoms with E-state index >= 15 is 0 Å². The summed E-state index contributed by atoms with van der Waals surface area (Å²) in [6, 6.07) is 0.695. The van der Waals surface area contributed by atoms with Gasteiger partial charge in [0.15, 0.2) is 0 Å². The lowest BCUT2D eigenvalue weighted by Crippen LogP contribution is -2.38. The fraction of sp³-hybridized carbons (Fsp3) is 1.00. The predicted molar refractivity (Wildman–Crippen MR) is 90.3 cm³/mol. The van der Waals surface area contributed by atoms with Gasteiger partial charge in [-0.3, -0.25) is 0 Å². The number of nitrogens with one attached hydrogen (secondary N) is 1. The molecule has 0 aromatic heterocycles. The SMILES string of the molecule is CCCCCCCC(C)NCC(C)CN1CCCCC1. The van der Waals surface area contributed by atoms with Crippen LogP contribution in [-0.4, -0.2) is 37.1 Å². The van der Waals surface area contributed by atoms with Crippen molar-refractivity contribution in [3.8, 4) is 0 Å². The highest BCUT2D eigenvalue weighted by Gasteiger charge is 2.13. The highest BCUT2D eigenvalue weighted by molar-refractivity contribution is 4.70. The van der Waals surface area contributed by atoms with Gasteiger partial charge in [0.05, 0.1) is 0 Å². The molecular weight excluding hydrogens is 244 g/mol. The van der Waals surface area contributed by atoms with E-state index in [1.165, 1.54) is 84.0 Å². The first-order valence-electron chi connectivity index (χ1n) is 9.18. The summed E-state index contributed by atoms with van der Waals surface area (Å²) < 4.78 is 0. The van der Waals surface area contributed by atoms with E-state index in [2.05, 4.69) is 31.0 Å². The van der Waals surface area contributed by atoms with Crippen LogP contribution in [0.3, 0.4) is 0 Å². The summed E-state index contributed by atoms with van der Waals surface area (Å²) in [7, 11) is 0. The van der Waals surface area contributed by atoms with Gasteiger partial charge in [-0.15, -0.1) is 0 Å². The molecule has 0 radical (unpaired) electrons. The zero-order valence-electron chi connectivity index (χ0n) is 14.3. The van der Waals surface area contributed by atoms with E-state index in [1.54, 1.807) is 0 Å².